The zero-order chi connectivity index (χ0) is 14.0. The highest BCUT2D eigenvalue weighted by atomic mass is 16.5. The lowest BCUT2D eigenvalue weighted by molar-refractivity contribution is -0.157. The molecule has 1 unspecified atom stereocenters. The highest BCUT2D eigenvalue weighted by Crippen LogP contribution is 2.34. The van der Waals surface area contributed by atoms with E-state index in [-0.39, 0.29) is 5.41 Å². The standard InChI is InChI=1S/C14H27NO3/c1-11(13(2,3)4)15(5)10-14(12(16)17)6-8-18-9-7-14/h11H,6-10H2,1-5H3,(H,16,17). The number of ether oxygens (including phenoxy) is 1. The fourth-order valence-electron chi connectivity index (χ4n) is 2.48. The molecule has 18 heavy (non-hydrogen) atoms. The van der Waals surface area contributed by atoms with Crippen molar-refractivity contribution in [1.29, 1.82) is 0 Å². The summed E-state index contributed by atoms with van der Waals surface area (Å²) in [5.41, 5.74) is -0.480. The monoisotopic (exact) mass is 257 g/mol. The van der Waals surface area contributed by atoms with Crippen LogP contribution >= 0.6 is 0 Å². The van der Waals surface area contributed by atoms with Crippen molar-refractivity contribution < 1.29 is 14.6 Å². The summed E-state index contributed by atoms with van der Waals surface area (Å²) in [4.78, 5) is 13.8. The molecule has 106 valence electrons. The van der Waals surface area contributed by atoms with Crippen molar-refractivity contribution in [2.75, 3.05) is 26.8 Å². The highest BCUT2D eigenvalue weighted by molar-refractivity contribution is 5.75. The van der Waals surface area contributed by atoms with Crippen LogP contribution in [-0.4, -0.2) is 48.8 Å². The largest absolute Gasteiger partial charge is 0.481 e. The topological polar surface area (TPSA) is 49.8 Å². The van der Waals surface area contributed by atoms with Crippen LogP contribution in [0.3, 0.4) is 0 Å². The minimum absolute atomic E-state index is 0.152. The predicted molar refractivity (Wildman–Crippen MR) is 71.7 cm³/mol. The van der Waals surface area contributed by atoms with E-state index in [0.717, 1.165) is 0 Å². The number of carboxylic acid groups (broad SMARTS) is 1. The van der Waals surface area contributed by atoms with Gasteiger partial charge < -0.3 is 14.7 Å². The molecule has 1 aliphatic rings. The third-order valence-electron chi connectivity index (χ3n) is 4.37. The van der Waals surface area contributed by atoms with Gasteiger partial charge in [-0.1, -0.05) is 20.8 Å². The molecule has 0 saturated carbocycles. The summed E-state index contributed by atoms with van der Waals surface area (Å²) in [5.74, 6) is -0.682. The minimum atomic E-state index is -0.682. The van der Waals surface area contributed by atoms with Gasteiger partial charge in [-0.05, 0) is 32.2 Å². The Morgan fingerprint density at radius 2 is 1.89 bits per heavy atom. The van der Waals surface area contributed by atoms with E-state index in [1.165, 1.54) is 0 Å². The van der Waals surface area contributed by atoms with Crippen molar-refractivity contribution in [3.05, 3.63) is 0 Å². The normalized spacial score (nSPS) is 21.9. The Hall–Kier alpha value is -0.610. The molecule has 0 amide bonds. The lowest BCUT2D eigenvalue weighted by Gasteiger charge is -2.42. The summed E-state index contributed by atoms with van der Waals surface area (Å²) in [5, 5.41) is 9.54. The molecule has 1 atom stereocenters. The molecule has 0 spiro atoms. The van der Waals surface area contributed by atoms with Gasteiger partial charge in [-0.2, -0.15) is 0 Å². The Morgan fingerprint density at radius 3 is 2.28 bits per heavy atom. The molecule has 0 aliphatic carbocycles. The number of hydrogen-bond acceptors (Lipinski definition) is 3. The predicted octanol–water partition coefficient (Wildman–Crippen LogP) is 2.23. The summed E-state index contributed by atoms with van der Waals surface area (Å²) in [6, 6.07) is 0.344. The summed E-state index contributed by atoms with van der Waals surface area (Å²) >= 11 is 0. The third kappa shape index (κ3) is 3.45. The first-order valence-electron chi connectivity index (χ1n) is 6.70. The molecule has 0 radical (unpaired) electrons. The minimum Gasteiger partial charge on any atom is -0.481 e. The van der Waals surface area contributed by atoms with Crippen LogP contribution in [0.2, 0.25) is 0 Å². The molecule has 0 aromatic carbocycles. The van der Waals surface area contributed by atoms with E-state index >= 15 is 0 Å². The van der Waals surface area contributed by atoms with E-state index in [0.29, 0.717) is 38.6 Å². The summed E-state index contributed by atoms with van der Waals surface area (Å²) < 4.78 is 5.30. The lowest BCUT2D eigenvalue weighted by Crippen LogP contribution is -2.50. The highest BCUT2D eigenvalue weighted by Gasteiger charge is 2.42. The molecule has 0 bridgehead atoms. The van der Waals surface area contributed by atoms with E-state index in [4.69, 9.17) is 4.74 Å². The number of carboxylic acids is 1. The maximum absolute atomic E-state index is 11.6. The van der Waals surface area contributed by atoms with E-state index in [1.807, 2.05) is 7.05 Å². The average Bonchev–Trinajstić information content (AvgIpc) is 2.27. The van der Waals surface area contributed by atoms with Gasteiger partial charge in [0.2, 0.25) is 0 Å². The van der Waals surface area contributed by atoms with Crippen LogP contribution in [0.15, 0.2) is 0 Å². The molecule has 4 heteroatoms. The van der Waals surface area contributed by atoms with Crippen LogP contribution in [0.4, 0.5) is 0 Å². The quantitative estimate of drug-likeness (QED) is 0.839. The van der Waals surface area contributed by atoms with Gasteiger partial charge >= 0.3 is 5.97 Å². The Labute approximate surface area is 110 Å². The number of carbonyl (C=O) groups is 1. The maximum atomic E-state index is 11.6. The fraction of sp³-hybridized carbons (Fsp3) is 0.929. The van der Waals surface area contributed by atoms with E-state index in [1.54, 1.807) is 0 Å². The Morgan fingerprint density at radius 1 is 1.39 bits per heavy atom. The Balaban J connectivity index is 2.75. The van der Waals surface area contributed by atoms with Crippen LogP contribution in [0.5, 0.6) is 0 Å². The van der Waals surface area contributed by atoms with E-state index < -0.39 is 11.4 Å². The summed E-state index contributed by atoms with van der Waals surface area (Å²) in [6.45, 7) is 10.4. The molecule has 1 fully saturated rings. The Bertz CT molecular complexity index is 290. The van der Waals surface area contributed by atoms with Crippen molar-refractivity contribution in [2.45, 2.75) is 46.6 Å². The third-order valence-corrected chi connectivity index (χ3v) is 4.37. The first kappa shape index (κ1) is 15.4. The van der Waals surface area contributed by atoms with Gasteiger partial charge in [-0.15, -0.1) is 0 Å². The van der Waals surface area contributed by atoms with Crippen molar-refractivity contribution in [2.24, 2.45) is 10.8 Å². The number of hydrogen-bond donors (Lipinski definition) is 1. The first-order chi connectivity index (χ1) is 8.19. The van der Waals surface area contributed by atoms with Crippen molar-refractivity contribution in [1.82, 2.24) is 4.90 Å². The molecule has 1 aliphatic heterocycles. The number of rotatable bonds is 4. The van der Waals surface area contributed by atoms with Gasteiger partial charge in [0.1, 0.15) is 0 Å². The van der Waals surface area contributed by atoms with Crippen LogP contribution < -0.4 is 0 Å². The van der Waals surface area contributed by atoms with Gasteiger partial charge in [0.05, 0.1) is 5.41 Å². The van der Waals surface area contributed by atoms with Crippen LogP contribution in [0.1, 0.15) is 40.5 Å². The maximum Gasteiger partial charge on any atom is 0.311 e. The van der Waals surface area contributed by atoms with Gasteiger partial charge in [-0.3, -0.25) is 4.79 Å². The fourth-order valence-corrected chi connectivity index (χ4v) is 2.48. The molecule has 0 aromatic rings. The van der Waals surface area contributed by atoms with Crippen molar-refractivity contribution >= 4 is 5.97 Å². The summed E-state index contributed by atoms with van der Waals surface area (Å²) in [6.07, 6.45) is 1.23. The number of nitrogens with zero attached hydrogens (tertiary/aromatic N) is 1. The van der Waals surface area contributed by atoms with E-state index in [9.17, 15) is 9.90 Å². The Kier molecular flexibility index (Phi) is 4.78. The van der Waals surface area contributed by atoms with Gasteiger partial charge in [0, 0.05) is 25.8 Å². The van der Waals surface area contributed by atoms with Crippen LogP contribution in [-0.2, 0) is 9.53 Å². The molecular formula is C14H27NO3. The average molecular weight is 257 g/mol. The van der Waals surface area contributed by atoms with E-state index in [2.05, 4.69) is 32.6 Å². The second-order valence-electron chi connectivity index (χ2n) is 6.65. The molecule has 4 nitrogen and oxygen atoms in total. The van der Waals surface area contributed by atoms with Gasteiger partial charge in [-0.25, -0.2) is 0 Å². The van der Waals surface area contributed by atoms with Gasteiger partial charge in [0.25, 0.3) is 0 Å². The molecule has 1 rings (SSSR count). The van der Waals surface area contributed by atoms with Crippen LogP contribution in [0, 0.1) is 10.8 Å². The lowest BCUT2D eigenvalue weighted by atomic mass is 9.78. The van der Waals surface area contributed by atoms with Crippen molar-refractivity contribution in [3.63, 3.8) is 0 Å². The first-order valence-corrected chi connectivity index (χ1v) is 6.70. The van der Waals surface area contributed by atoms with Crippen LogP contribution in [0.25, 0.3) is 0 Å². The molecular weight excluding hydrogens is 230 g/mol. The molecule has 0 aromatic heterocycles. The zero-order valence-corrected chi connectivity index (χ0v) is 12.3. The SMILES string of the molecule is CC(N(C)CC1(C(=O)O)CCOCC1)C(C)(C)C. The second kappa shape index (κ2) is 5.57. The smallest absolute Gasteiger partial charge is 0.311 e. The second-order valence-corrected chi connectivity index (χ2v) is 6.65. The molecule has 1 heterocycles. The van der Waals surface area contributed by atoms with Crippen molar-refractivity contribution in [3.8, 4) is 0 Å². The zero-order valence-electron chi connectivity index (χ0n) is 12.3. The molecule has 1 N–H and O–H groups in total. The van der Waals surface area contributed by atoms with Gasteiger partial charge in [0.15, 0.2) is 0 Å². The molecule has 1 saturated heterocycles. The summed E-state index contributed by atoms with van der Waals surface area (Å²) in [7, 11) is 2.02. The number of aliphatic carboxylic acids is 1.